The average molecular weight is 394 g/mol. The Hall–Kier alpha value is -3.67. The molecule has 0 N–H and O–H groups in total. The highest BCUT2D eigenvalue weighted by Crippen LogP contribution is 2.19. The summed E-state index contributed by atoms with van der Waals surface area (Å²) in [6.45, 7) is 3.64. The van der Waals surface area contributed by atoms with Gasteiger partial charge in [-0.05, 0) is 37.1 Å². The van der Waals surface area contributed by atoms with Gasteiger partial charge in [0.25, 0.3) is 5.56 Å². The smallest absolute Gasteiger partial charge is 0.328 e. The van der Waals surface area contributed by atoms with Gasteiger partial charge in [0.1, 0.15) is 6.54 Å². The lowest BCUT2D eigenvalue weighted by Crippen LogP contribution is -2.45. The maximum atomic E-state index is 13.1. The van der Waals surface area contributed by atoms with Crippen molar-refractivity contribution in [2.24, 2.45) is 14.1 Å². The molecule has 0 unspecified atom stereocenters. The molecule has 29 heavy (non-hydrogen) atoms. The van der Waals surface area contributed by atoms with E-state index in [1.807, 2.05) is 32.0 Å². The van der Waals surface area contributed by atoms with Gasteiger partial charge in [-0.3, -0.25) is 14.2 Å². The molecule has 150 valence electrons. The molecule has 1 amide bonds. The number of aromatic nitrogens is 4. The third-order valence-electron chi connectivity index (χ3n) is 5.04. The number of amides is 1. The van der Waals surface area contributed by atoms with Crippen LogP contribution in [0.4, 0.5) is 5.69 Å². The quantitative estimate of drug-likeness (QED) is 0.642. The second-order valence-electron chi connectivity index (χ2n) is 6.98. The Morgan fingerprint density at radius 3 is 2.59 bits per heavy atom. The summed E-state index contributed by atoms with van der Waals surface area (Å²) in [6, 6.07) is 7.58. The molecule has 3 aromatic rings. The van der Waals surface area contributed by atoms with Gasteiger partial charge < -0.3 is 9.47 Å². The summed E-state index contributed by atoms with van der Waals surface area (Å²) in [5.41, 5.74) is 2.03. The van der Waals surface area contributed by atoms with Gasteiger partial charge in [0.2, 0.25) is 5.91 Å². The molecule has 0 spiro atoms. The summed E-state index contributed by atoms with van der Waals surface area (Å²) in [5, 5.41) is 8.98. The monoisotopic (exact) mass is 394 g/mol. The number of aryl methyl sites for hydroxylation is 4. The van der Waals surface area contributed by atoms with Crippen molar-refractivity contribution in [1.82, 2.24) is 18.7 Å². The van der Waals surface area contributed by atoms with Crippen LogP contribution in [0, 0.1) is 25.2 Å². The van der Waals surface area contributed by atoms with Gasteiger partial charge in [-0.1, -0.05) is 6.07 Å². The van der Waals surface area contributed by atoms with Crippen molar-refractivity contribution in [3.05, 3.63) is 56.5 Å². The molecule has 0 radical (unpaired) electrons. The molecule has 2 heterocycles. The predicted molar refractivity (Wildman–Crippen MR) is 109 cm³/mol. The van der Waals surface area contributed by atoms with E-state index >= 15 is 0 Å². The standard InChI is InChI=1S/C20H22N6O3/c1-13-6-7-15(10-14(13)2)25(9-5-8-21)16(27)11-26-19(28)17-18(22-12-23(17)3)24(4)20(26)29/h6-7,10,12H,5,9,11H2,1-4H3. The van der Waals surface area contributed by atoms with Crippen LogP contribution in [0.15, 0.2) is 34.1 Å². The molecular formula is C20H22N6O3. The number of carbonyl (C=O) groups excluding carboxylic acids is 1. The highest BCUT2D eigenvalue weighted by atomic mass is 16.2. The van der Waals surface area contributed by atoms with E-state index in [9.17, 15) is 14.4 Å². The lowest BCUT2D eigenvalue weighted by atomic mass is 10.1. The number of anilines is 1. The molecule has 0 saturated carbocycles. The van der Waals surface area contributed by atoms with Gasteiger partial charge in [0, 0.05) is 26.3 Å². The number of benzene rings is 1. The van der Waals surface area contributed by atoms with E-state index in [4.69, 9.17) is 5.26 Å². The van der Waals surface area contributed by atoms with Gasteiger partial charge in [-0.15, -0.1) is 0 Å². The molecule has 3 rings (SSSR count). The number of hydrogen-bond donors (Lipinski definition) is 0. The Morgan fingerprint density at radius 2 is 1.93 bits per heavy atom. The van der Waals surface area contributed by atoms with Crippen molar-refractivity contribution in [2.75, 3.05) is 11.4 Å². The van der Waals surface area contributed by atoms with Crippen molar-refractivity contribution < 1.29 is 4.79 Å². The summed E-state index contributed by atoms with van der Waals surface area (Å²) in [5.74, 6) is -0.441. The zero-order valence-electron chi connectivity index (χ0n) is 16.8. The van der Waals surface area contributed by atoms with Crippen LogP contribution in [-0.2, 0) is 25.4 Å². The molecular weight excluding hydrogens is 372 g/mol. The first kappa shape index (κ1) is 20.1. The van der Waals surface area contributed by atoms with Gasteiger partial charge >= 0.3 is 5.69 Å². The summed E-state index contributed by atoms with van der Waals surface area (Å²) in [4.78, 5) is 44.1. The van der Waals surface area contributed by atoms with Gasteiger partial charge in [0.15, 0.2) is 11.2 Å². The fourth-order valence-electron chi connectivity index (χ4n) is 3.21. The predicted octanol–water partition coefficient (Wildman–Crippen LogP) is 0.997. The highest BCUT2D eigenvalue weighted by Gasteiger charge is 2.21. The van der Waals surface area contributed by atoms with E-state index in [0.717, 1.165) is 15.7 Å². The lowest BCUT2D eigenvalue weighted by Gasteiger charge is -2.23. The largest absolute Gasteiger partial charge is 0.332 e. The van der Waals surface area contributed by atoms with Crippen LogP contribution in [0.1, 0.15) is 17.5 Å². The fourth-order valence-corrected chi connectivity index (χ4v) is 3.21. The van der Waals surface area contributed by atoms with Crippen LogP contribution in [-0.4, -0.2) is 31.1 Å². The number of nitriles is 1. The van der Waals surface area contributed by atoms with Gasteiger partial charge in [-0.2, -0.15) is 5.26 Å². The minimum atomic E-state index is -0.616. The minimum Gasteiger partial charge on any atom is -0.328 e. The molecule has 0 saturated heterocycles. The van der Waals surface area contributed by atoms with Crippen molar-refractivity contribution >= 4 is 22.8 Å². The Bertz CT molecular complexity index is 1260. The molecule has 9 heteroatoms. The zero-order valence-corrected chi connectivity index (χ0v) is 16.8. The molecule has 1 aromatic carbocycles. The summed E-state index contributed by atoms with van der Waals surface area (Å²) in [6.07, 6.45) is 1.58. The summed E-state index contributed by atoms with van der Waals surface area (Å²) >= 11 is 0. The van der Waals surface area contributed by atoms with Crippen LogP contribution in [0.2, 0.25) is 0 Å². The van der Waals surface area contributed by atoms with E-state index in [-0.39, 0.29) is 24.1 Å². The minimum absolute atomic E-state index is 0.131. The Labute approximate surface area is 167 Å². The zero-order chi connectivity index (χ0) is 21.3. The molecule has 0 aliphatic rings. The van der Waals surface area contributed by atoms with Crippen molar-refractivity contribution in [3.63, 3.8) is 0 Å². The van der Waals surface area contributed by atoms with Crippen molar-refractivity contribution in [1.29, 1.82) is 5.26 Å². The average Bonchev–Trinajstić information content (AvgIpc) is 3.08. The van der Waals surface area contributed by atoms with Crippen molar-refractivity contribution in [3.8, 4) is 6.07 Å². The molecule has 0 aliphatic carbocycles. The second-order valence-corrected chi connectivity index (χ2v) is 6.98. The van der Waals surface area contributed by atoms with E-state index in [1.165, 1.54) is 27.4 Å². The number of fused-ring (bicyclic) bond motifs is 1. The second kappa shape index (κ2) is 7.75. The first-order valence-corrected chi connectivity index (χ1v) is 9.11. The number of imidazole rings is 1. The van der Waals surface area contributed by atoms with Crippen LogP contribution in [0.25, 0.3) is 11.2 Å². The van der Waals surface area contributed by atoms with Gasteiger partial charge in [0.05, 0.1) is 18.8 Å². The van der Waals surface area contributed by atoms with Crippen molar-refractivity contribution in [2.45, 2.75) is 26.8 Å². The van der Waals surface area contributed by atoms with E-state index in [0.29, 0.717) is 5.69 Å². The van der Waals surface area contributed by atoms with E-state index in [1.54, 1.807) is 13.1 Å². The first-order valence-electron chi connectivity index (χ1n) is 9.11. The molecule has 2 aromatic heterocycles. The van der Waals surface area contributed by atoms with Crippen LogP contribution in [0.5, 0.6) is 0 Å². The summed E-state index contributed by atoms with van der Waals surface area (Å²) in [7, 11) is 3.16. The normalized spacial score (nSPS) is 10.9. The third-order valence-corrected chi connectivity index (χ3v) is 5.04. The highest BCUT2D eigenvalue weighted by molar-refractivity contribution is 5.93. The number of rotatable bonds is 5. The maximum absolute atomic E-state index is 13.1. The molecule has 0 aliphatic heterocycles. The Kier molecular flexibility index (Phi) is 5.37. The number of nitrogens with zero attached hydrogens (tertiary/aromatic N) is 6. The van der Waals surface area contributed by atoms with Crippen LogP contribution in [0.3, 0.4) is 0 Å². The number of hydrogen-bond acceptors (Lipinski definition) is 5. The van der Waals surface area contributed by atoms with E-state index < -0.39 is 23.7 Å². The first-order chi connectivity index (χ1) is 13.8. The van der Waals surface area contributed by atoms with Gasteiger partial charge in [-0.25, -0.2) is 14.3 Å². The fraction of sp³-hybridized carbons (Fsp3) is 0.350. The SMILES string of the molecule is Cc1ccc(N(CCC#N)C(=O)Cn2c(=O)c3c(ncn3C)n(C)c2=O)cc1C. The Morgan fingerprint density at radius 1 is 1.21 bits per heavy atom. The lowest BCUT2D eigenvalue weighted by molar-refractivity contribution is -0.119. The topological polar surface area (TPSA) is 106 Å². The number of carbonyl (C=O) groups is 1. The van der Waals surface area contributed by atoms with Crippen LogP contribution >= 0.6 is 0 Å². The summed E-state index contributed by atoms with van der Waals surface area (Å²) < 4.78 is 3.68. The molecule has 0 bridgehead atoms. The molecule has 9 nitrogen and oxygen atoms in total. The molecule has 0 atom stereocenters. The third kappa shape index (κ3) is 3.57. The van der Waals surface area contributed by atoms with E-state index in [2.05, 4.69) is 4.98 Å². The van der Waals surface area contributed by atoms with Crippen LogP contribution < -0.4 is 16.1 Å². The maximum Gasteiger partial charge on any atom is 0.332 e. The molecule has 0 fully saturated rings. The Balaban J connectivity index is 2.05.